The molecule has 18 heavy (non-hydrogen) atoms. The Morgan fingerprint density at radius 1 is 1.17 bits per heavy atom. The summed E-state index contributed by atoms with van der Waals surface area (Å²) in [6.07, 6.45) is 0. The maximum absolute atomic E-state index is 13.2. The molecule has 0 atom stereocenters. The van der Waals surface area contributed by atoms with Gasteiger partial charge in [-0.3, -0.25) is 4.79 Å². The lowest BCUT2D eigenvalue weighted by Gasteiger charge is -2.08. The summed E-state index contributed by atoms with van der Waals surface area (Å²) in [6.45, 7) is 2.54. The maximum atomic E-state index is 13.2. The fourth-order valence-electron chi connectivity index (χ4n) is 1.14. The van der Waals surface area contributed by atoms with Crippen LogP contribution in [0.25, 0.3) is 0 Å². The van der Waals surface area contributed by atoms with E-state index in [1.165, 1.54) is 13.8 Å². The Morgan fingerprint density at radius 3 is 2.33 bits per heavy atom. The molecule has 0 unspecified atom stereocenters. The minimum atomic E-state index is -1.25. The van der Waals surface area contributed by atoms with Crippen LogP contribution in [0.4, 0.5) is 14.5 Å². The van der Waals surface area contributed by atoms with Crippen molar-refractivity contribution in [3.8, 4) is 0 Å². The van der Waals surface area contributed by atoms with Crippen molar-refractivity contribution < 1.29 is 23.5 Å². The lowest BCUT2D eigenvalue weighted by atomic mass is 10.1. The first-order valence-corrected chi connectivity index (χ1v) is 5.00. The van der Waals surface area contributed by atoms with Gasteiger partial charge in [0.2, 0.25) is 0 Å². The fraction of sp³-hybridized carbons (Fsp3) is 0.167. The molecule has 4 nitrogen and oxygen atoms in total. The molecule has 0 radical (unpaired) electrons. The molecule has 1 aromatic rings. The number of benzene rings is 1. The molecule has 0 aromatic heterocycles. The molecule has 0 bridgehead atoms. The molecular formula is C12H11F2NO3. The molecule has 0 saturated heterocycles. The van der Waals surface area contributed by atoms with E-state index >= 15 is 0 Å². The average Bonchev–Trinajstić information content (AvgIpc) is 2.31. The third kappa shape index (κ3) is 3.13. The first-order valence-electron chi connectivity index (χ1n) is 5.00. The summed E-state index contributed by atoms with van der Waals surface area (Å²) in [4.78, 5) is 22.2. The van der Waals surface area contributed by atoms with Crippen molar-refractivity contribution in [1.82, 2.24) is 0 Å². The number of carboxylic acid groups (broad SMARTS) is 1. The molecule has 0 fully saturated rings. The summed E-state index contributed by atoms with van der Waals surface area (Å²) in [7, 11) is 0. The topological polar surface area (TPSA) is 66.4 Å². The molecule has 0 aliphatic heterocycles. The highest BCUT2D eigenvalue weighted by molar-refractivity contribution is 6.08. The Kier molecular flexibility index (Phi) is 4.14. The van der Waals surface area contributed by atoms with E-state index in [9.17, 15) is 18.4 Å². The monoisotopic (exact) mass is 255 g/mol. The normalized spacial score (nSPS) is 11.8. The number of nitrogens with one attached hydrogen (secondary N) is 1. The third-order valence-electron chi connectivity index (χ3n) is 2.40. The zero-order chi connectivity index (χ0) is 13.9. The summed E-state index contributed by atoms with van der Waals surface area (Å²) >= 11 is 0. The Bertz CT molecular complexity index is 538. The van der Waals surface area contributed by atoms with Crippen molar-refractivity contribution in [3.63, 3.8) is 0 Å². The molecule has 1 aromatic carbocycles. The van der Waals surface area contributed by atoms with Crippen molar-refractivity contribution in [2.75, 3.05) is 5.32 Å². The Balaban J connectivity index is 2.98. The van der Waals surface area contributed by atoms with E-state index in [0.717, 1.165) is 18.2 Å². The predicted molar refractivity (Wildman–Crippen MR) is 61.0 cm³/mol. The molecular weight excluding hydrogens is 244 g/mol. The van der Waals surface area contributed by atoms with Crippen molar-refractivity contribution in [1.29, 1.82) is 0 Å². The Hall–Kier alpha value is -2.24. The summed E-state index contributed by atoms with van der Waals surface area (Å²) in [6, 6.07) is 2.60. The minimum absolute atomic E-state index is 0.0776. The van der Waals surface area contributed by atoms with Gasteiger partial charge in [-0.1, -0.05) is 0 Å². The molecule has 0 saturated carbocycles. The van der Waals surface area contributed by atoms with Gasteiger partial charge in [-0.25, -0.2) is 13.6 Å². The van der Waals surface area contributed by atoms with Gasteiger partial charge in [-0.15, -0.1) is 0 Å². The molecule has 1 amide bonds. The van der Waals surface area contributed by atoms with Crippen molar-refractivity contribution in [3.05, 3.63) is 41.0 Å². The van der Waals surface area contributed by atoms with Gasteiger partial charge in [-0.2, -0.15) is 0 Å². The molecule has 1 rings (SSSR count). The molecule has 0 heterocycles. The van der Waals surface area contributed by atoms with Crippen LogP contribution < -0.4 is 5.32 Å². The molecule has 0 aliphatic carbocycles. The Morgan fingerprint density at radius 2 is 1.78 bits per heavy atom. The predicted octanol–water partition coefficient (Wildman–Crippen LogP) is 2.32. The number of halogens is 2. The van der Waals surface area contributed by atoms with Gasteiger partial charge < -0.3 is 10.4 Å². The van der Waals surface area contributed by atoms with Gasteiger partial charge in [-0.05, 0) is 26.0 Å². The number of rotatable bonds is 3. The quantitative estimate of drug-likeness (QED) is 0.814. The molecule has 0 aliphatic rings. The van der Waals surface area contributed by atoms with Gasteiger partial charge in [0.05, 0.1) is 5.69 Å². The number of hydrogen-bond donors (Lipinski definition) is 2. The smallest absolute Gasteiger partial charge is 0.331 e. The highest BCUT2D eigenvalue weighted by atomic mass is 19.1. The number of amides is 1. The van der Waals surface area contributed by atoms with E-state index in [2.05, 4.69) is 5.32 Å². The number of hydrogen-bond acceptors (Lipinski definition) is 2. The third-order valence-corrected chi connectivity index (χ3v) is 2.40. The standard InChI is InChI=1S/C12H11F2NO3/c1-6(7(2)12(17)18)11(16)15-10-5-8(13)3-4-9(10)14/h3-5H,1-2H3,(H,15,16)(H,17,18)/b7-6-. The molecule has 96 valence electrons. The van der Waals surface area contributed by atoms with E-state index in [-0.39, 0.29) is 16.8 Å². The van der Waals surface area contributed by atoms with E-state index in [0.29, 0.717) is 0 Å². The minimum Gasteiger partial charge on any atom is -0.478 e. The molecule has 6 heteroatoms. The summed E-state index contributed by atoms with van der Waals surface area (Å²) in [5.41, 5.74) is -0.576. The lowest BCUT2D eigenvalue weighted by molar-refractivity contribution is -0.133. The average molecular weight is 255 g/mol. The number of anilines is 1. The van der Waals surface area contributed by atoms with Crippen LogP contribution in [0, 0.1) is 11.6 Å². The Labute approximate surface area is 102 Å². The highest BCUT2D eigenvalue weighted by Crippen LogP contribution is 2.16. The first-order chi connectivity index (χ1) is 8.32. The van der Waals surface area contributed by atoms with Crippen LogP contribution in [-0.4, -0.2) is 17.0 Å². The van der Waals surface area contributed by atoms with Crippen LogP contribution in [-0.2, 0) is 9.59 Å². The van der Waals surface area contributed by atoms with Crippen LogP contribution >= 0.6 is 0 Å². The fourth-order valence-corrected chi connectivity index (χ4v) is 1.14. The number of carbonyl (C=O) groups is 2. The number of carbonyl (C=O) groups excluding carboxylic acids is 1. The van der Waals surface area contributed by atoms with Crippen LogP contribution in [0.1, 0.15) is 13.8 Å². The summed E-state index contributed by atoms with van der Waals surface area (Å²) in [5, 5.41) is 10.8. The van der Waals surface area contributed by atoms with Crippen molar-refractivity contribution in [2.45, 2.75) is 13.8 Å². The zero-order valence-corrected chi connectivity index (χ0v) is 9.75. The first kappa shape index (κ1) is 13.8. The van der Waals surface area contributed by atoms with Crippen LogP contribution in [0.15, 0.2) is 29.3 Å². The van der Waals surface area contributed by atoms with Crippen LogP contribution in [0.2, 0.25) is 0 Å². The highest BCUT2D eigenvalue weighted by Gasteiger charge is 2.14. The zero-order valence-electron chi connectivity index (χ0n) is 9.75. The van der Waals surface area contributed by atoms with E-state index in [1.807, 2.05) is 0 Å². The van der Waals surface area contributed by atoms with Crippen molar-refractivity contribution in [2.24, 2.45) is 0 Å². The van der Waals surface area contributed by atoms with Gasteiger partial charge in [0, 0.05) is 17.2 Å². The maximum Gasteiger partial charge on any atom is 0.331 e. The van der Waals surface area contributed by atoms with Gasteiger partial charge >= 0.3 is 5.97 Å². The van der Waals surface area contributed by atoms with Crippen LogP contribution in [0.5, 0.6) is 0 Å². The van der Waals surface area contributed by atoms with Crippen LogP contribution in [0.3, 0.4) is 0 Å². The second kappa shape index (κ2) is 5.39. The SMILES string of the molecule is C/C(C(=O)O)=C(\C)C(=O)Nc1cc(F)ccc1F. The summed E-state index contributed by atoms with van der Waals surface area (Å²) < 4.78 is 26.1. The van der Waals surface area contributed by atoms with Gasteiger partial charge in [0.1, 0.15) is 11.6 Å². The lowest BCUT2D eigenvalue weighted by Crippen LogP contribution is -2.17. The summed E-state index contributed by atoms with van der Waals surface area (Å²) in [5.74, 6) is -3.55. The second-order valence-electron chi connectivity index (χ2n) is 3.63. The second-order valence-corrected chi connectivity index (χ2v) is 3.63. The van der Waals surface area contributed by atoms with E-state index in [1.54, 1.807) is 0 Å². The van der Waals surface area contributed by atoms with Gasteiger partial charge in [0.15, 0.2) is 0 Å². The largest absolute Gasteiger partial charge is 0.478 e. The van der Waals surface area contributed by atoms with E-state index in [4.69, 9.17) is 5.11 Å². The van der Waals surface area contributed by atoms with Crippen molar-refractivity contribution >= 4 is 17.6 Å². The molecule has 2 N–H and O–H groups in total. The van der Waals surface area contributed by atoms with Gasteiger partial charge in [0.25, 0.3) is 5.91 Å². The number of carboxylic acids is 1. The molecule has 0 spiro atoms. The van der Waals surface area contributed by atoms with E-state index < -0.39 is 23.5 Å². The number of aliphatic carboxylic acids is 1.